The molecule has 0 saturated carbocycles. The van der Waals surface area contributed by atoms with Crippen LogP contribution in [0, 0.1) is 6.92 Å². The fraction of sp³-hybridized carbons (Fsp3) is 0.364. The summed E-state index contributed by atoms with van der Waals surface area (Å²) in [5.41, 5.74) is 8.58. The van der Waals surface area contributed by atoms with E-state index in [2.05, 4.69) is 4.98 Å². The molecule has 1 aromatic carbocycles. The maximum atomic E-state index is 5.84. The summed E-state index contributed by atoms with van der Waals surface area (Å²) in [6, 6.07) is 5.52. The molecule has 0 fully saturated rings. The number of aryl methyl sites for hydroxylation is 1. The highest BCUT2D eigenvalue weighted by molar-refractivity contribution is 5.76. The van der Waals surface area contributed by atoms with Crippen molar-refractivity contribution in [1.82, 2.24) is 4.98 Å². The topological polar surface area (TPSA) is 61.3 Å². The average Bonchev–Trinajstić information content (AvgIpc) is 2.63. The van der Waals surface area contributed by atoms with Crippen LogP contribution in [-0.2, 0) is 4.74 Å². The van der Waals surface area contributed by atoms with Crippen molar-refractivity contribution in [2.45, 2.75) is 13.0 Å². The fourth-order valence-electron chi connectivity index (χ4n) is 1.51. The Kier molecular flexibility index (Phi) is 2.70. The third kappa shape index (κ3) is 1.86. The minimum Gasteiger partial charge on any atom is -0.439 e. The van der Waals surface area contributed by atoms with Crippen molar-refractivity contribution in [1.29, 1.82) is 0 Å². The van der Waals surface area contributed by atoms with Gasteiger partial charge in [0.05, 0.1) is 6.61 Å². The van der Waals surface area contributed by atoms with Crippen LogP contribution in [0.2, 0.25) is 0 Å². The Morgan fingerprint density at radius 2 is 2.33 bits per heavy atom. The highest BCUT2D eigenvalue weighted by Gasteiger charge is 2.14. The second kappa shape index (κ2) is 4.00. The Balaban J connectivity index is 2.43. The van der Waals surface area contributed by atoms with E-state index >= 15 is 0 Å². The van der Waals surface area contributed by atoms with Crippen LogP contribution >= 0.6 is 0 Å². The molecule has 2 aromatic rings. The molecule has 0 radical (unpaired) electrons. The van der Waals surface area contributed by atoms with Gasteiger partial charge in [0.1, 0.15) is 11.6 Å². The quantitative estimate of drug-likeness (QED) is 0.831. The molecule has 1 atom stereocenters. The average molecular weight is 206 g/mol. The summed E-state index contributed by atoms with van der Waals surface area (Å²) in [7, 11) is 1.60. The van der Waals surface area contributed by atoms with Gasteiger partial charge in [-0.25, -0.2) is 4.98 Å². The molecule has 0 saturated heterocycles. The van der Waals surface area contributed by atoms with Crippen molar-refractivity contribution < 1.29 is 9.15 Å². The second-order valence-electron chi connectivity index (χ2n) is 3.54. The molecule has 1 aromatic heterocycles. The highest BCUT2D eigenvalue weighted by Crippen LogP contribution is 2.21. The first-order valence-corrected chi connectivity index (χ1v) is 4.83. The zero-order valence-corrected chi connectivity index (χ0v) is 8.86. The number of ether oxygens (including phenoxy) is 1. The molecule has 4 heteroatoms. The van der Waals surface area contributed by atoms with E-state index in [4.69, 9.17) is 14.9 Å². The molecule has 0 aliphatic rings. The van der Waals surface area contributed by atoms with E-state index in [-0.39, 0.29) is 6.04 Å². The molecule has 2 N–H and O–H groups in total. The maximum absolute atomic E-state index is 5.84. The van der Waals surface area contributed by atoms with E-state index in [1.165, 1.54) is 0 Å². The minimum atomic E-state index is -0.304. The number of hydrogen-bond donors (Lipinski definition) is 1. The van der Waals surface area contributed by atoms with E-state index in [1.54, 1.807) is 7.11 Å². The van der Waals surface area contributed by atoms with Crippen molar-refractivity contribution in [3.05, 3.63) is 29.7 Å². The van der Waals surface area contributed by atoms with Gasteiger partial charge in [0.25, 0.3) is 0 Å². The normalized spacial score (nSPS) is 13.3. The first kappa shape index (κ1) is 10.1. The number of methoxy groups -OCH3 is 1. The molecule has 0 bridgehead atoms. The molecule has 0 aliphatic carbocycles. The summed E-state index contributed by atoms with van der Waals surface area (Å²) in [5.74, 6) is 0.529. The molecule has 0 amide bonds. The standard InChI is InChI=1S/C11H14N2O2/c1-7-4-3-5-9-10(7)13-11(15-9)8(12)6-14-2/h3-5,8H,6,12H2,1-2H3. The van der Waals surface area contributed by atoms with Gasteiger partial charge in [0.15, 0.2) is 5.58 Å². The number of oxazole rings is 1. The molecule has 15 heavy (non-hydrogen) atoms. The van der Waals surface area contributed by atoms with Crippen LogP contribution in [-0.4, -0.2) is 18.7 Å². The Labute approximate surface area is 88.0 Å². The molecule has 1 heterocycles. The molecule has 0 aliphatic heterocycles. The maximum Gasteiger partial charge on any atom is 0.214 e. The number of nitrogens with two attached hydrogens (primary N) is 1. The van der Waals surface area contributed by atoms with Crippen molar-refractivity contribution in [3.63, 3.8) is 0 Å². The van der Waals surface area contributed by atoms with Gasteiger partial charge in [-0.3, -0.25) is 0 Å². The Morgan fingerprint density at radius 1 is 1.53 bits per heavy atom. The molecule has 4 nitrogen and oxygen atoms in total. The van der Waals surface area contributed by atoms with Crippen LogP contribution in [0.4, 0.5) is 0 Å². The molecular formula is C11H14N2O2. The minimum absolute atomic E-state index is 0.304. The van der Waals surface area contributed by atoms with Gasteiger partial charge >= 0.3 is 0 Å². The number of rotatable bonds is 3. The first-order chi connectivity index (χ1) is 7.22. The first-order valence-electron chi connectivity index (χ1n) is 4.83. The Hall–Kier alpha value is -1.39. The predicted molar refractivity (Wildman–Crippen MR) is 57.6 cm³/mol. The van der Waals surface area contributed by atoms with Crippen molar-refractivity contribution in [2.24, 2.45) is 5.73 Å². The van der Waals surface area contributed by atoms with E-state index in [9.17, 15) is 0 Å². The smallest absolute Gasteiger partial charge is 0.214 e. The lowest BCUT2D eigenvalue weighted by Crippen LogP contribution is -2.16. The van der Waals surface area contributed by atoms with Crippen LogP contribution in [0.3, 0.4) is 0 Å². The van der Waals surface area contributed by atoms with E-state index in [1.807, 2.05) is 25.1 Å². The van der Waals surface area contributed by atoms with Crippen LogP contribution in [0.5, 0.6) is 0 Å². The fourth-order valence-corrected chi connectivity index (χ4v) is 1.51. The Bertz CT molecular complexity index is 465. The van der Waals surface area contributed by atoms with Crippen molar-refractivity contribution in [3.8, 4) is 0 Å². The van der Waals surface area contributed by atoms with Gasteiger partial charge in [0.2, 0.25) is 5.89 Å². The highest BCUT2D eigenvalue weighted by atomic mass is 16.5. The summed E-state index contributed by atoms with van der Waals surface area (Å²) in [6.07, 6.45) is 0. The van der Waals surface area contributed by atoms with Gasteiger partial charge < -0.3 is 14.9 Å². The summed E-state index contributed by atoms with van der Waals surface area (Å²) in [5, 5.41) is 0. The van der Waals surface area contributed by atoms with Crippen LogP contribution in [0.1, 0.15) is 17.5 Å². The van der Waals surface area contributed by atoms with Gasteiger partial charge in [-0.05, 0) is 18.6 Å². The zero-order chi connectivity index (χ0) is 10.8. The summed E-state index contributed by atoms with van der Waals surface area (Å²) in [4.78, 5) is 4.36. The third-order valence-electron chi connectivity index (χ3n) is 2.30. The van der Waals surface area contributed by atoms with Gasteiger partial charge in [-0.1, -0.05) is 12.1 Å². The van der Waals surface area contributed by atoms with Crippen LogP contribution in [0.25, 0.3) is 11.1 Å². The van der Waals surface area contributed by atoms with Crippen molar-refractivity contribution >= 4 is 11.1 Å². The lowest BCUT2D eigenvalue weighted by Gasteiger charge is -2.03. The SMILES string of the molecule is COCC(N)c1nc2c(C)cccc2o1. The number of fused-ring (bicyclic) bond motifs is 1. The summed E-state index contributed by atoms with van der Waals surface area (Å²) < 4.78 is 10.5. The third-order valence-corrected chi connectivity index (χ3v) is 2.30. The zero-order valence-electron chi connectivity index (χ0n) is 8.86. The summed E-state index contributed by atoms with van der Waals surface area (Å²) in [6.45, 7) is 2.41. The van der Waals surface area contributed by atoms with E-state index < -0.39 is 0 Å². The number of aromatic nitrogens is 1. The second-order valence-corrected chi connectivity index (χ2v) is 3.54. The van der Waals surface area contributed by atoms with Crippen molar-refractivity contribution in [2.75, 3.05) is 13.7 Å². The molecule has 2 rings (SSSR count). The van der Waals surface area contributed by atoms with E-state index in [0.29, 0.717) is 12.5 Å². The molecular weight excluding hydrogens is 192 g/mol. The molecule has 0 spiro atoms. The number of para-hydroxylation sites is 1. The number of nitrogens with zero attached hydrogens (tertiary/aromatic N) is 1. The molecule has 1 unspecified atom stereocenters. The number of benzene rings is 1. The largest absolute Gasteiger partial charge is 0.439 e. The summed E-state index contributed by atoms with van der Waals surface area (Å²) >= 11 is 0. The Morgan fingerprint density at radius 3 is 3.00 bits per heavy atom. The van der Waals surface area contributed by atoms with Crippen LogP contribution in [0.15, 0.2) is 22.6 Å². The predicted octanol–water partition coefficient (Wildman–Crippen LogP) is 1.78. The lowest BCUT2D eigenvalue weighted by molar-refractivity contribution is 0.171. The van der Waals surface area contributed by atoms with Gasteiger partial charge in [-0.15, -0.1) is 0 Å². The van der Waals surface area contributed by atoms with Gasteiger partial charge in [0, 0.05) is 7.11 Å². The monoisotopic (exact) mass is 206 g/mol. The van der Waals surface area contributed by atoms with Crippen LogP contribution < -0.4 is 5.73 Å². The van der Waals surface area contributed by atoms with E-state index in [0.717, 1.165) is 16.7 Å². The lowest BCUT2D eigenvalue weighted by atomic mass is 10.2. The number of hydrogen-bond acceptors (Lipinski definition) is 4. The van der Waals surface area contributed by atoms with Gasteiger partial charge in [-0.2, -0.15) is 0 Å². The molecule has 80 valence electrons.